The highest BCUT2D eigenvalue weighted by atomic mass is 32.2. The summed E-state index contributed by atoms with van der Waals surface area (Å²) >= 11 is 1.79. The Morgan fingerprint density at radius 1 is 1.25 bits per heavy atom. The summed E-state index contributed by atoms with van der Waals surface area (Å²) in [6.45, 7) is 0. The third-order valence-electron chi connectivity index (χ3n) is 2.47. The molecule has 1 unspecified atom stereocenters. The number of nitrogens with two attached hydrogens (primary N) is 1. The zero-order valence-electron chi connectivity index (χ0n) is 10.0. The van der Waals surface area contributed by atoms with Gasteiger partial charge in [0, 0.05) is 6.04 Å². The zero-order valence-corrected chi connectivity index (χ0v) is 10.8. The maximum absolute atomic E-state index is 6.16. The first-order valence-corrected chi connectivity index (χ1v) is 6.59. The lowest BCUT2D eigenvalue weighted by Crippen LogP contribution is -2.13. The van der Waals surface area contributed by atoms with Crippen LogP contribution in [0.25, 0.3) is 0 Å². The molecule has 1 rings (SSSR count). The van der Waals surface area contributed by atoms with E-state index in [1.165, 1.54) is 0 Å². The van der Waals surface area contributed by atoms with Crippen LogP contribution in [0.15, 0.2) is 18.2 Å². The number of methoxy groups -OCH3 is 2. The van der Waals surface area contributed by atoms with Crippen molar-refractivity contribution in [2.45, 2.75) is 12.5 Å². The van der Waals surface area contributed by atoms with Gasteiger partial charge in [-0.25, -0.2) is 0 Å². The van der Waals surface area contributed by atoms with Gasteiger partial charge < -0.3 is 15.2 Å². The van der Waals surface area contributed by atoms with Crippen molar-refractivity contribution in [3.63, 3.8) is 0 Å². The van der Waals surface area contributed by atoms with Gasteiger partial charge in [0.15, 0.2) is 0 Å². The summed E-state index contributed by atoms with van der Waals surface area (Å²) < 4.78 is 10.6. The van der Waals surface area contributed by atoms with E-state index in [1.807, 2.05) is 18.2 Å². The van der Waals surface area contributed by atoms with E-state index < -0.39 is 0 Å². The fraction of sp³-hybridized carbons (Fsp3) is 0.500. The number of benzene rings is 1. The highest BCUT2D eigenvalue weighted by molar-refractivity contribution is 7.98. The first kappa shape index (κ1) is 13.2. The van der Waals surface area contributed by atoms with Gasteiger partial charge in [0.05, 0.1) is 19.8 Å². The van der Waals surface area contributed by atoms with Crippen LogP contribution in [-0.4, -0.2) is 26.2 Å². The lowest BCUT2D eigenvalue weighted by molar-refractivity contribution is 0.378. The molecule has 0 amide bonds. The minimum atomic E-state index is -0.0430. The van der Waals surface area contributed by atoms with Crippen LogP contribution in [0.1, 0.15) is 18.0 Å². The van der Waals surface area contributed by atoms with E-state index in [0.29, 0.717) is 0 Å². The summed E-state index contributed by atoms with van der Waals surface area (Å²) in [7, 11) is 3.30. The van der Waals surface area contributed by atoms with Crippen LogP contribution in [0.4, 0.5) is 0 Å². The highest BCUT2D eigenvalue weighted by Gasteiger charge is 2.16. The van der Waals surface area contributed by atoms with E-state index in [9.17, 15) is 0 Å². The van der Waals surface area contributed by atoms with Crippen LogP contribution in [0, 0.1) is 0 Å². The summed E-state index contributed by atoms with van der Waals surface area (Å²) in [5.74, 6) is 2.63. The Morgan fingerprint density at radius 2 is 1.81 bits per heavy atom. The molecule has 0 bridgehead atoms. The van der Waals surface area contributed by atoms with E-state index in [2.05, 4.69) is 6.26 Å². The molecule has 16 heavy (non-hydrogen) atoms. The molecule has 0 spiro atoms. The Bertz CT molecular complexity index is 309. The minimum Gasteiger partial charge on any atom is -0.496 e. The average molecular weight is 241 g/mol. The van der Waals surface area contributed by atoms with Gasteiger partial charge >= 0.3 is 0 Å². The van der Waals surface area contributed by atoms with Crippen LogP contribution in [0.3, 0.4) is 0 Å². The predicted molar refractivity (Wildman–Crippen MR) is 69.5 cm³/mol. The summed E-state index contributed by atoms with van der Waals surface area (Å²) in [5.41, 5.74) is 7.12. The summed E-state index contributed by atoms with van der Waals surface area (Å²) in [6.07, 6.45) is 2.99. The number of hydrogen-bond donors (Lipinski definition) is 1. The molecule has 2 N–H and O–H groups in total. The molecule has 3 nitrogen and oxygen atoms in total. The molecule has 0 aliphatic heterocycles. The molecule has 1 atom stereocenters. The molecule has 0 radical (unpaired) electrons. The van der Waals surface area contributed by atoms with Gasteiger partial charge in [0.1, 0.15) is 11.5 Å². The normalized spacial score (nSPS) is 12.2. The van der Waals surface area contributed by atoms with E-state index in [0.717, 1.165) is 29.2 Å². The van der Waals surface area contributed by atoms with Crippen LogP contribution >= 0.6 is 11.8 Å². The third kappa shape index (κ3) is 3.06. The molecule has 0 heterocycles. The Kier molecular flexibility index (Phi) is 5.49. The zero-order chi connectivity index (χ0) is 12.0. The van der Waals surface area contributed by atoms with Gasteiger partial charge in [-0.1, -0.05) is 6.07 Å². The van der Waals surface area contributed by atoms with Gasteiger partial charge in [-0.3, -0.25) is 0 Å². The molecule has 1 aromatic rings. The number of ether oxygens (including phenoxy) is 2. The summed E-state index contributed by atoms with van der Waals surface area (Å²) in [6, 6.07) is 5.69. The van der Waals surface area contributed by atoms with Gasteiger partial charge in [-0.15, -0.1) is 0 Å². The second-order valence-corrected chi connectivity index (χ2v) is 4.45. The lowest BCUT2D eigenvalue weighted by Gasteiger charge is -2.18. The van der Waals surface area contributed by atoms with Gasteiger partial charge in [0.25, 0.3) is 0 Å². The van der Waals surface area contributed by atoms with E-state index >= 15 is 0 Å². The molecule has 4 heteroatoms. The summed E-state index contributed by atoms with van der Waals surface area (Å²) in [4.78, 5) is 0. The maximum Gasteiger partial charge on any atom is 0.127 e. The molecule has 1 aromatic carbocycles. The molecule has 0 aromatic heterocycles. The fourth-order valence-corrected chi connectivity index (χ4v) is 2.12. The molecule has 0 saturated heterocycles. The minimum absolute atomic E-state index is 0.0430. The van der Waals surface area contributed by atoms with Crippen molar-refractivity contribution in [1.29, 1.82) is 0 Å². The van der Waals surface area contributed by atoms with Crippen molar-refractivity contribution >= 4 is 11.8 Å². The van der Waals surface area contributed by atoms with E-state index in [4.69, 9.17) is 15.2 Å². The molecular weight excluding hydrogens is 222 g/mol. The second kappa shape index (κ2) is 6.66. The maximum atomic E-state index is 6.16. The topological polar surface area (TPSA) is 44.5 Å². The van der Waals surface area contributed by atoms with Crippen LogP contribution in [-0.2, 0) is 0 Å². The Labute approximate surface area is 101 Å². The van der Waals surface area contributed by atoms with Crippen molar-refractivity contribution in [2.24, 2.45) is 5.73 Å². The Balaban J connectivity index is 2.97. The number of rotatable bonds is 6. The monoisotopic (exact) mass is 241 g/mol. The SMILES string of the molecule is COc1cccc(OC)c1C(N)CCSC. The van der Waals surface area contributed by atoms with E-state index in [1.54, 1.807) is 26.0 Å². The summed E-state index contributed by atoms with van der Waals surface area (Å²) in [5, 5.41) is 0. The van der Waals surface area contributed by atoms with Crippen molar-refractivity contribution in [2.75, 3.05) is 26.2 Å². The average Bonchev–Trinajstić information content (AvgIpc) is 2.34. The van der Waals surface area contributed by atoms with Crippen molar-refractivity contribution in [1.82, 2.24) is 0 Å². The number of thioether (sulfide) groups is 1. The quantitative estimate of drug-likeness (QED) is 0.831. The Morgan fingerprint density at radius 3 is 2.25 bits per heavy atom. The van der Waals surface area contributed by atoms with Crippen LogP contribution < -0.4 is 15.2 Å². The number of hydrogen-bond acceptors (Lipinski definition) is 4. The first-order valence-electron chi connectivity index (χ1n) is 5.20. The van der Waals surface area contributed by atoms with Crippen LogP contribution in [0.2, 0.25) is 0 Å². The van der Waals surface area contributed by atoms with Gasteiger partial charge in [-0.05, 0) is 30.6 Å². The largest absolute Gasteiger partial charge is 0.496 e. The van der Waals surface area contributed by atoms with E-state index in [-0.39, 0.29) is 6.04 Å². The van der Waals surface area contributed by atoms with Crippen molar-refractivity contribution in [3.8, 4) is 11.5 Å². The molecule has 0 fully saturated rings. The second-order valence-electron chi connectivity index (χ2n) is 3.46. The molecule has 0 saturated carbocycles. The molecular formula is C12H19NO2S. The van der Waals surface area contributed by atoms with Gasteiger partial charge in [0.2, 0.25) is 0 Å². The molecule has 90 valence electrons. The third-order valence-corrected chi connectivity index (χ3v) is 3.11. The first-order chi connectivity index (χ1) is 7.74. The smallest absolute Gasteiger partial charge is 0.127 e. The van der Waals surface area contributed by atoms with Gasteiger partial charge in [-0.2, -0.15) is 11.8 Å². The highest BCUT2D eigenvalue weighted by Crippen LogP contribution is 2.34. The standard InChI is InChI=1S/C12H19NO2S/c1-14-10-5-4-6-11(15-2)12(10)9(13)7-8-16-3/h4-6,9H,7-8,13H2,1-3H3. The molecule has 0 aliphatic rings. The fourth-order valence-electron chi connectivity index (χ4n) is 1.63. The Hall–Kier alpha value is -0.870. The van der Waals surface area contributed by atoms with Crippen molar-refractivity contribution in [3.05, 3.63) is 23.8 Å². The van der Waals surface area contributed by atoms with Crippen LogP contribution in [0.5, 0.6) is 11.5 Å². The molecule has 0 aliphatic carbocycles. The predicted octanol–water partition coefficient (Wildman–Crippen LogP) is 2.46. The lowest BCUT2D eigenvalue weighted by atomic mass is 10.0. The van der Waals surface area contributed by atoms with Crippen molar-refractivity contribution < 1.29 is 9.47 Å².